The molecule has 0 heterocycles. The van der Waals surface area contributed by atoms with Gasteiger partial charge in [0.05, 0.1) is 0 Å². The Hall–Kier alpha value is 0.585. The second-order valence-corrected chi connectivity index (χ2v) is 4.65. The molecule has 0 saturated heterocycles. The van der Waals surface area contributed by atoms with Crippen LogP contribution in [0, 0.1) is 0 Å². The Kier molecular flexibility index (Phi) is 2.23. The molecule has 0 aliphatic rings. The second kappa shape index (κ2) is 2.08. The molecular weight excluding hydrogens is 320 g/mol. The van der Waals surface area contributed by atoms with Gasteiger partial charge in [0.1, 0.15) is 0 Å². The van der Waals surface area contributed by atoms with Gasteiger partial charge >= 0.3 is 57.7 Å². The van der Waals surface area contributed by atoms with Crippen LogP contribution in [0.15, 0.2) is 0 Å². The molecule has 0 aliphatic heterocycles. The van der Waals surface area contributed by atoms with Crippen molar-refractivity contribution in [2.45, 2.75) is 9.61 Å². The summed E-state index contributed by atoms with van der Waals surface area (Å²) in [7, 11) is 0. The molecule has 0 aromatic rings. The zero-order valence-electron chi connectivity index (χ0n) is 3.60. The van der Waals surface area contributed by atoms with Crippen molar-refractivity contribution < 1.29 is 48.1 Å². The first-order valence-electron chi connectivity index (χ1n) is 1.55. The van der Waals surface area contributed by atoms with Crippen LogP contribution in [0.2, 0.25) is 0 Å². The maximum atomic E-state index is 11.2. The van der Waals surface area contributed by atoms with Crippen molar-refractivity contribution in [1.29, 1.82) is 0 Å². The molecule has 0 spiro atoms. The molecule has 0 fully saturated rings. The molecular formula is C2F5Hg+. The van der Waals surface area contributed by atoms with E-state index < -0.39 is 35.7 Å². The summed E-state index contributed by atoms with van der Waals surface area (Å²) in [6.45, 7) is 0. The minimum atomic E-state index is -5.31. The molecule has 0 unspecified atom stereocenters. The van der Waals surface area contributed by atoms with Crippen molar-refractivity contribution in [3.63, 3.8) is 0 Å². The van der Waals surface area contributed by atoms with Crippen molar-refractivity contribution in [1.82, 2.24) is 0 Å². The third-order valence-electron chi connectivity index (χ3n) is 0.415. The van der Waals surface area contributed by atoms with Gasteiger partial charge in [-0.2, -0.15) is 0 Å². The molecule has 0 amide bonds. The van der Waals surface area contributed by atoms with Crippen LogP contribution in [0.5, 0.6) is 0 Å². The van der Waals surface area contributed by atoms with E-state index in [0.29, 0.717) is 0 Å². The van der Waals surface area contributed by atoms with E-state index in [-0.39, 0.29) is 0 Å². The van der Waals surface area contributed by atoms with E-state index in [9.17, 15) is 22.0 Å². The summed E-state index contributed by atoms with van der Waals surface area (Å²) in [5, 5.41) is 0. The molecule has 8 heavy (non-hydrogen) atoms. The number of halogens is 5. The molecule has 6 heteroatoms. The van der Waals surface area contributed by atoms with E-state index in [1.165, 1.54) is 0 Å². The summed E-state index contributed by atoms with van der Waals surface area (Å²) in [5.74, 6) is 0. The van der Waals surface area contributed by atoms with Gasteiger partial charge in [0.2, 0.25) is 0 Å². The Morgan fingerprint density at radius 3 is 1.00 bits per heavy atom. The molecule has 0 rings (SSSR count). The first-order chi connectivity index (χ1) is 3.25. The van der Waals surface area contributed by atoms with E-state index in [4.69, 9.17) is 0 Å². The van der Waals surface area contributed by atoms with Crippen LogP contribution >= 0.6 is 0 Å². The molecule has 0 radical (unpaired) electrons. The second-order valence-electron chi connectivity index (χ2n) is 1.20. The Morgan fingerprint density at radius 2 is 1.00 bits per heavy atom. The predicted molar refractivity (Wildman–Crippen MR) is 11.0 cm³/mol. The molecule has 0 aliphatic carbocycles. The average molecular weight is 320 g/mol. The molecule has 0 saturated carbocycles. The van der Waals surface area contributed by atoms with Crippen molar-refractivity contribution in [2.24, 2.45) is 0 Å². The van der Waals surface area contributed by atoms with Crippen LogP contribution < -0.4 is 0 Å². The predicted octanol–water partition coefficient (Wildman–Crippen LogP) is 1.69. The van der Waals surface area contributed by atoms with Gasteiger partial charge in [0.15, 0.2) is 0 Å². The zero-order valence-corrected chi connectivity index (χ0v) is 9.09. The fourth-order valence-corrected chi connectivity index (χ4v) is 0. The summed E-state index contributed by atoms with van der Waals surface area (Å²) in [4.78, 5) is 0. The molecule has 0 N–H and O–H groups in total. The van der Waals surface area contributed by atoms with Crippen LogP contribution in [0.4, 0.5) is 22.0 Å². The van der Waals surface area contributed by atoms with E-state index >= 15 is 0 Å². The summed E-state index contributed by atoms with van der Waals surface area (Å²) < 4.78 is 50.6. The fraction of sp³-hybridized carbons (Fsp3) is 1.00. The van der Waals surface area contributed by atoms with Gasteiger partial charge in [0, 0.05) is 0 Å². The van der Waals surface area contributed by atoms with Crippen LogP contribution in [-0.2, 0) is 26.1 Å². The average Bonchev–Trinajstić information content (AvgIpc) is 1.25. The Bertz CT molecular complexity index is 65.4. The monoisotopic (exact) mass is 321 g/mol. The van der Waals surface area contributed by atoms with Crippen LogP contribution in [0.25, 0.3) is 0 Å². The van der Waals surface area contributed by atoms with Crippen LogP contribution in [-0.4, -0.2) is 9.61 Å². The molecule has 0 aromatic heterocycles. The van der Waals surface area contributed by atoms with Crippen LogP contribution in [0.3, 0.4) is 0 Å². The molecule has 0 aromatic carbocycles. The van der Waals surface area contributed by atoms with E-state index in [0.717, 1.165) is 0 Å². The van der Waals surface area contributed by atoms with E-state index in [2.05, 4.69) is 0 Å². The number of alkyl halides is 5. The minimum absolute atomic E-state index is 1.56. The molecule has 44 valence electrons. The summed E-state index contributed by atoms with van der Waals surface area (Å²) in [6.07, 6.45) is -5.31. The van der Waals surface area contributed by atoms with Crippen molar-refractivity contribution in [3.8, 4) is 0 Å². The molecule has 0 bridgehead atoms. The van der Waals surface area contributed by atoms with Gasteiger partial charge in [-0.1, -0.05) is 0 Å². The third kappa shape index (κ3) is 2.24. The topological polar surface area (TPSA) is 0 Å². The Balaban J connectivity index is 4.02. The van der Waals surface area contributed by atoms with Gasteiger partial charge in [-0.05, 0) is 0 Å². The standard InChI is InChI=1S/C2F5.Hg/c3-1(4)2(5,6)7;/q;+1. The SMILES string of the molecule is FC(F)(F)[C](F)(F)[Hg+]. The number of hydrogen-bond donors (Lipinski definition) is 0. The van der Waals surface area contributed by atoms with Crippen LogP contribution in [0.1, 0.15) is 0 Å². The summed E-state index contributed by atoms with van der Waals surface area (Å²) >= 11 is -1.56. The Morgan fingerprint density at radius 1 is 0.875 bits per heavy atom. The van der Waals surface area contributed by atoms with Gasteiger partial charge in [0.25, 0.3) is 0 Å². The zero-order chi connectivity index (χ0) is 7.00. The summed E-state index contributed by atoms with van der Waals surface area (Å²) in [6, 6.07) is 0. The fourth-order valence-electron chi connectivity index (χ4n) is 0. The first kappa shape index (κ1) is 8.59. The number of hydrogen-bond acceptors (Lipinski definition) is 0. The van der Waals surface area contributed by atoms with Crippen molar-refractivity contribution >= 4 is 0 Å². The van der Waals surface area contributed by atoms with E-state index in [1.54, 1.807) is 0 Å². The summed E-state index contributed by atoms with van der Waals surface area (Å²) in [5.41, 5.74) is 0. The van der Waals surface area contributed by atoms with E-state index in [1.807, 2.05) is 0 Å². The number of rotatable bonds is 0. The van der Waals surface area contributed by atoms with Gasteiger partial charge < -0.3 is 0 Å². The molecule has 0 nitrogen and oxygen atoms in total. The van der Waals surface area contributed by atoms with Crippen molar-refractivity contribution in [3.05, 3.63) is 0 Å². The van der Waals surface area contributed by atoms with Gasteiger partial charge in [-0.15, -0.1) is 0 Å². The quantitative estimate of drug-likeness (QED) is 0.471. The third-order valence-corrected chi connectivity index (χ3v) is 1.97. The first-order valence-corrected chi connectivity index (χ1v) is 4.30. The van der Waals surface area contributed by atoms with Gasteiger partial charge in [-0.3, -0.25) is 0 Å². The maximum absolute atomic E-state index is 11.2. The Labute approximate surface area is 58.0 Å². The normalized spacial score (nSPS) is 14.4. The van der Waals surface area contributed by atoms with Gasteiger partial charge in [-0.25, -0.2) is 0 Å². The van der Waals surface area contributed by atoms with Crippen molar-refractivity contribution in [2.75, 3.05) is 0 Å². The molecule has 0 atom stereocenters.